The molecule has 0 spiro atoms. The van der Waals surface area contributed by atoms with Gasteiger partial charge in [0.1, 0.15) is 16.1 Å². The number of rotatable bonds is 6. The van der Waals surface area contributed by atoms with Gasteiger partial charge in [-0.15, -0.1) is 0 Å². The van der Waals surface area contributed by atoms with Gasteiger partial charge in [0.25, 0.3) is 0 Å². The van der Waals surface area contributed by atoms with E-state index in [1.807, 2.05) is 11.9 Å². The average molecular weight is 275 g/mol. The molecule has 1 aliphatic carbocycles. The van der Waals surface area contributed by atoms with Crippen molar-refractivity contribution in [3.63, 3.8) is 0 Å². The summed E-state index contributed by atoms with van der Waals surface area (Å²) in [6.45, 7) is 1.19. The van der Waals surface area contributed by atoms with E-state index >= 15 is 0 Å². The van der Waals surface area contributed by atoms with Gasteiger partial charge in [-0.25, -0.2) is 8.42 Å². The number of aldehydes is 1. The Balaban J connectivity index is 2.53. The van der Waals surface area contributed by atoms with Crippen LogP contribution in [0.2, 0.25) is 0 Å². The molecule has 0 saturated heterocycles. The van der Waals surface area contributed by atoms with Gasteiger partial charge in [0.05, 0.1) is 5.75 Å². The smallest absolute Gasteiger partial charge is 0.148 e. The van der Waals surface area contributed by atoms with Gasteiger partial charge in [0.2, 0.25) is 0 Å². The molecule has 0 N–H and O–H groups in total. The van der Waals surface area contributed by atoms with Gasteiger partial charge < -0.3 is 9.69 Å². The number of hydrogen-bond acceptors (Lipinski definition) is 4. The minimum atomic E-state index is -2.92. The Labute approximate surface area is 111 Å². The third kappa shape index (κ3) is 5.48. The first-order valence-corrected chi connectivity index (χ1v) is 8.76. The van der Waals surface area contributed by atoms with Crippen LogP contribution >= 0.6 is 0 Å². The van der Waals surface area contributed by atoms with Crippen LogP contribution in [0.1, 0.15) is 38.5 Å². The molecule has 0 heterocycles. The topological polar surface area (TPSA) is 54.5 Å². The minimum Gasteiger partial charge on any atom is -0.304 e. The third-order valence-electron chi connectivity index (χ3n) is 3.78. The van der Waals surface area contributed by atoms with Gasteiger partial charge in [0.15, 0.2) is 0 Å². The Morgan fingerprint density at radius 3 is 2.17 bits per heavy atom. The standard InChI is InChI=1S/C13H25NO3S/c1-14(9-10-18(2,16)17)11-13(12-15)7-5-3-4-6-8-13/h12H,3-11H2,1-2H3. The van der Waals surface area contributed by atoms with Crippen LogP contribution in [0, 0.1) is 5.41 Å². The maximum absolute atomic E-state index is 11.4. The number of carbonyl (C=O) groups excluding carboxylic acids is 1. The third-order valence-corrected chi connectivity index (χ3v) is 4.70. The summed E-state index contributed by atoms with van der Waals surface area (Å²) in [5.74, 6) is 0.165. The molecule has 4 nitrogen and oxygen atoms in total. The summed E-state index contributed by atoms with van der Waals surface area (Å²) in [6.07, 6.45) is 8.89. The number of carbonyl (C=O) groups is 1. The molecule has 5 heteroatoms. The fourth-order valence-corrected chi connectivity index (χ4v) is 3.33. The van der Waals surface area contributed by atoms with Crippen molar-refractivity contribution in [2.24, 2.45) is 5.41 Å². The van der Waals surface area contributed by atoms with Gasteiger partial charge in [0, 0.05) is 24.8 Å². The zero-order chi connectivity index (χ0) is 13.6. The lowest BCUT2D eigenvalue weighted by molar-refractivity contribution is -0.117. The SMILES string of the molecule is CN(CCS(C)(=O)=O)CC1(C=O)CCCCCC1. The predicted molar refractivity (Wildman–Crippen MR) is 73.4 cm³/mol. The highest BCUT2D eigenvalue weighted by atomic mass is 32.2. The van der Waals surface area contributed by atoms with Crippen molar-refractivity contribution in [3.8, 4) is 0 Å². The summed E-state index contributed by atoms with van der Waals surface area (Å²) in [6, 6.07) is 0. The van der Waals surface area contributed by atoms with E-state index in [9.17, 15) is 13.2 Å². The Hall–Kier alpha value is -0.420. The zero-order valence-corrected chi connectivity index (χ0v) is 12.3. The molecule has 0 amide bonds. The normalized spacial score (nSPS) is 20.6. The lowest BCUT2D eigenvalue weighted by Crippen LogP contribution is -2.38. The van der Waals surface area contributed by atoms with Gasteiger partial charge in [-0.2, -0.15) is 0 Å². The first-order valence-electron chi connectivity index (χ1n) is 6.69. The second-order valence-corrected chi connectivity index (χ2v) is 8.02. The molecule has 0 aliphatic heterocycles. The van der Waals surface area contributed by atoms with E-state index in [4.69, 9.17) is 0 Å². The summed E-state index contributed by atoms with van der Waals surface area (Å²) in [5.41, 5.74) is -0.247. The molecule has 1 rings (SSSR count). The van der Waals surface area contributed by atoms with Crippen LogP contribution in [0.5, 0.6) is 0 Å². The summed E-state index contributed by atoms with van der Waals surface area (Å²) >= 11 is 0. The summed E-state index contributed by atoms with van der Waals surface area (Å²) < 4.78 is 22.3. The van der Waals surface area contributed by atoms with E-state index in [0.29, 0.717) is 13.1 Å². The van der Waals surface area contributed by atoms with Crippen molar-refractivity contribution in [3.05, 3.63) is 0 Å². The van der Waals surface area contributed by atoms with Crippen LogP contribution in [-0.2, 0) is 14.6 Å². The molecule has 0 atom stereocenters. The molecule has 0 bridgehead atoms. The highest BCUT2D eigenvalue weighted by molar-refractivity contribution is 7.90. The van der Waals surface area contributed by atoms with Crippen LogP contribution in [0.15, 0.2) is 0 Å². The molecule has 0 aromatic carbocycles. The first-order chi connectivity index (χ1) is 8.37. The van der Waals surface area contributed by atoms with Gasteiger partial charge >= 0.3 is 0 Å². The highest BCUT2D eigenvalue weighted by Crippen LogP contribution is 2.33. The molecular weight excluding hydrogens is 250 g/mol. The van der Waals surface area contributed by atoms with Crippen molar-refractivity contribution >= 4 is 16.1 Å². The molecule has 1 aliphatic rings. The number of sulfone groups is 1. The van der Waals surface area contributed by atoms with Crippen molar-refractivity contribution in [1.82, 2.24) is 4.90 Å². The molecule has 106 valence electrons. The summed E-state index contributed by atoms with van der Waals surface area (Å²) in [5, 5.41) is 0. The Bertz CT molecular complexity index is 356. The van der Waals surface area contributed by atoms with Gasteiger partial charge in [-0.3, -0.25) is 0 Å². The Morgan fingerprint density at radius 2 is 1.72 bits per heavy atom. The van der Waals surface area contributed by atoms with E-state index < -0.39 is 9.84 Å². The summed E-state index contributed by atoms with van der Waals surface area (Å²) in [4.78, 5) is 13.4. The molecular formula is C13H25NO3S. The molecule has 0 aromatic heterocycles. The number of nitrogens with zero attached hydrogens (tertiary/aromatic N) is 1. The van der Waals surface area contributed by atoms with E-state index in [2.05, 4.69) is 0 Å². The van der Waals surface area contributed by atoms with Gasteiger partial charge in [-0.05, 0) is 19.9 Å². The highest BCUT2D eigenvalue weighted by Gasteiger charge is 2.31. The van der Waals surface area contributed by atoms with E-state index in [1.165, 1.54) is 19.1 Å². The second kappa shape index (κ2) is 6.66. The fourth-order valence-electron chi connectivity index (χ4n) is 2.68. The molecule has 1 saturated carbocycles. The van der Waals surface area contributed by atoms with Crippen molar-refractivity contribution in [2.75, 3.05) is 32.1 Å². The van der Waals surface area contributed by atoms with Crippen molar-refractivity contribution in [1.29, 1.82) is 0 Å². The molecule has 1 fully saturated rings. The maximum atomic E-state index is 11.4. The van der Waals surface area contributed by atoms with Crippen LogP contribution in [-0.4, -0.2) is 51.7 Å². The number of hydrogen-bond donors (Lipinski definition) is 0. The quantitative estimate of drug-likeness (QED) is 0.544. The average Bonchev–Trinajstić information content (AvgIpc) is 2.52. The van der Waals surface area contributed by atoms with Gasteiger partial charge in [-0.1, -0.05) is 25.7 Å². The molecule has 0 unspecified atom stereocenters. The first kappa shape index (κ1) is 15.6. The van der Waals surface area contributed by atoms with E-state index in [1.54, 1.807) is 0 Å². The van der Waals surface area contributed by atoms with Crippen LogP contribution < -0.4 is 0 Å². The lowest BCUT2D eigenvalue weighted by atomic mass is 9.81. The fraction of sp³-hybridized carbons (Fsp3) is 0.923. The largest absolute Gasteiger partial charge is 0.304 e. The molecule has 0 radical (unpaired) electrons. The molecule has 18 heavy (non-hydrogen) atoms. The molecule has 0 aromatic rings. The Morgan fingerprint density at radius 1 is 1.17 bits per heavy atom. The van der Waals surface area contributed by atoms with Crippen molar-refractivity contribution in [2.45, 2.75) is 38.5 Å². The van der Waals surface area contributed by atoms with Crippen LogP contribution in [0.4, 0.5) is 0 Å². The van der Waals surface area contributed by atoms with Crippen molar-refractivity contribution < 1.29 is 13.2 Å². The monoisotopic (exact) mass is 275 g/mol. The second-order valence-electron chi connectivity index (χ2n) is 5.76. The lowest BCUT2D eigenvalue weighted by Gasteiger charge is -2.31. The Kier molecular flexibility index (Phi) is 5.79. The van der Waals surface area contributed by atoms with E-state index in [0.717, 1.165) is 32.0 Å². The van der Waals surface area contributed by atoms with E-state index in [-0.39, 0.29) is 11.2 Å². The minimum absolute atomic E-state index is 0.165. The zero-order valence-electron chi connectivity index (χ0n) is 11.5. The maximum Gasteiger partial charge on any atom is 0.148 e. The predicted octanol–water partition coefficient (Wildman–Crippen LogP) is 1.50. The van der Waals surface area contributed by atoms with Crippen LogP contribution in [0.25, 0.3) is 0 Å². The summed E-state index contributed by atoms with van der Waals surface area (Å²) in [7, 11) is -1.02. The van der Waals surface area contributed by atoms with Crippen LogP contribution in [0.3, 0.4) is 0 Å².